The predicted molar refractivity (Wildman–Crippen MR) is 160 cm³/mol. The van der Waals surface area contributed by atoms with Crippen molar-refractivity contribution < 1.29 is 31.5 Å². The highest BCUT2D eigenvalue weighted by molar-refractivity contribution is 7.92. The van der Waals surface area contributed by atoms with Crippen LogP contribution in [0.4, 0.5) is 5.69 Å². The normalized spacial score (nSPS) is 18.8. The number of fused-ring (bicyclic) bond motifs is 1. The van der Waals surface area contributed by atoms with Gasteiger partial charge < -0.3 is 14.7 Å². The van der Waals surface area contributed by atoms with Gasteiger partial charge in [-0.25, -0.2) is 16.8 Å². The lowest BCUT2D eigenvalue weighted by molar-refractivity contribution is -0.134. The van der Waals surface area contributed by atoms with Crippen molar-refractivity contribution >= 4 is 31.6 Å². The monoisotopic (exact) mass is 615 g/mol. The number of anilines is 1. The molecule has 1 aliphatic heterocycles. The van der Waals surface area contributed by atoms with E-state index in [9.17, 15) is 26.7 Å². The Morgan fingerprint density at radius 2 is 1.69 bits per heavy atom. The molecule has 0 saturated carbocycles. The summed E-state index contributed by atoms with van der Waals surface area (Å²) >= 11 is 0. The Morgan fingerprint density at radius 3 is 2.33 bits per heavy atom. The highest BCUT2D eigenvalue weighted by Gasteiger charge is 2.33. The summed E-state index contributed by atoms with van der Waals surface area (Å²) in [5.41, 5.74) is 1.62. The number of ether oxygens (including phenoxy) is 1. The van der Waals surface area contributed by atoms with E-state index in [0.29, 0.717) is 11.3 Å². The van der Waals surface area contributed by atoms with Gasteiger partial charge in [0, 0.05) is 30.8 Å². The fraction of sp³-hybridized carbons (Fsp3) is 0.367. The van der Waals surface area contributed by atoms with Crippen LogP contribution in [0.25, 0.3) is 0 Å². The Kier molecular flexibility index (Phi) is 9.61. The van der Waals surface area contributed by atoms with Crippen LogP contribution in [0.1, 0.15) is 25.0 Å². The molecule has 3 atom stereocenters. The van der Waals surface area contributed by atoms with Gasteiger partial charge in [-0.3, -0.25) is 9.52 Å². The summed E-state index contributed by atoms with van der Waals surface area (Å²) < 4.78 is 62.8. The van der Waals surface area contributed by atoms with Crippen molar-refractivity contribution in [3.8, 4) is 5.75 Å². The number of aliphatic hydroxyl groups is 1. The van der Waals surface area contributed by atoms with Crippen molar-refractivity contribution in [1.82, 2.24) is 9.21 Å². The zero-order valence-electron chi connectivity index (χ0n) is 24.1. The SMILES string of the molecule is Cc1ccc(S(=O)(=O)N(C)C[C@@H]2Oc3ccc(NS(=O)(=O)c4ccccc4)cc3CC(=O)N([C@H](C)CO)C[C@H]2C)cc1. The molecule has 0 aromatic heterocycles. The van der Waals surface area contributed by atoms with E-state index in [1.807, 2.05) is 13.8 Å². The van der Waals surface area contributed by atoms with Gasteiger partial charge in [0.1, 0.15) is 11.9 Å². The zero-order valence-corrected chi connectivity index (χ0v) is 25.7. The van der Waals surface area contributed by atoms with Crippen molar-refractivity contribution in [1.29, 1.82) is 0 Å². The number of nitrogens with one attached hydrogen (secondary N) is 1. The molecule has 12 heteroatoms. The van der Waals surface area contributed by atoms with Crippen molar-refractivity contribution in [3.63, 3.8) is 0 Å². The maximum absolute atomic E-state index is 13.5. The van der Waals surface area contributed by atoms with Crippen LogP contribution in [0.3, 0.4) is 0 Å². The minimum absolute atomic E-state index is 0.00522. The third-order valence-corrected chi connectivity index (χ3v) is 10.6. The van der Waals surface area contributed by atoms with E-state index in [1.54, 1.807) is 72.5 Å². The maximum atomic E-state index is 13.5. The van der Waals surface area contributed by atoms with Crippen LogP contribution in [-0.4, -0.2) is 75.9 Å². The van der Waals surface area contributed by atoms with Gasteiger partial charge in [-0.2, -0.15) is 4.31 Å². The van der Waals surface area contributed by atoms with E-state index < -0.39 is 32.2 Å². The summed E-state index contributed by atoms with van der Waals surface area (Å²) in [6.07, 6.45) is -0.766. The Balaban J connectivity index is 1.68. The zero-order chi connectivity index (χ0) is 30.7. The second kappa shape index (κ2) is 12.8. The number of nitrogens with zero attached hydrogens (tertiary/aromatic N) is 2. The van der Waals surface area contributed by atoms with Crippen molar-refractivity contribution in [2.45, 2.75) is 49.1 Å². The molecule has 0 radical (unpaired) electrons. The standard InChI is InChI=1S/C30H37N3O7S2/c1-21-10-13-27(14-11-21)42(38,39)32(4)19-29-22(2)18-33(23(3)20-34)30(35)17-24-16-25(12-15-28(24)40-29)31-41(36,37)26-8-6-5-7-9-26/h5-16,22-23,29,31,34H,17-20H2,1-4H3/t22-,23-,29+/m1/s1. The fourth-order valence-corrected chi connectivity index (χ4v) is 7.02. The molecule has 3 aromatic rings. The Morgan fingerprint density at radius 1 is 1.02 bits per heavy atom. The van der Waals surface area contributed by atoms with Crippen LogP contribution in [0.2, 0.25) is 0 Å². The predicted octanol–water partition coefficient (Wildman–Crippen LogP) is 3.27. The second-order valence-corrected chi connectivity index (χ2v) is 14.5. The first-order valence-electron chi connectivity index (χ1n) is 13.6. The number of aliphatic hydroxyl groups excluding tert-OH is 1. The van der Waals surface area contributed by atoms with Gasteiger partial charge in [-0.15, -0.1) is 0 Å². The molecule has 3 aromatic carbocycles. The minimum Gasteiger partial charge on any atom is -0.488 e. The number of hydrogen-bond acceptors (Lipinski definition) is 7. The van der Waals surface area contributed by atoms with Crippen LogP contribution in [0, 0.1) is 12.8 Å². The van der Waals surface area contributed by atoms with Crippen LogP contribution < -0.4 is 9.46 Å². The number of carbonyl (C=O) groups is 1. The van der Waals surface area contributed by atoms with E-state index >= 15 is 0 Å². The minimum atomic E-state index is -3.88. The van der Waals surface area contributed by atoms with Gasteiger partial charge in [0.15, 0.2) is 0 Å². The third kappa shape index (κ3) is 7.12. The largest absolute Gasteiger partial charge is 0.488 e. The van der Waals surface area contributed by atoms with Crippen molar-refractivity contribution in [3.05, 3.63) is 83.9 Å². The molecule has 10 nitrogen and oxygen atoms in total. The molecular weight excluding hydrogens is 578 g/mol. The van der Waals surface area contributed by atoms with E-state index in [4.69, 9.17) is 4.74 Å². The first-order valence-corrected chi connectivity index (χ1v) is 16.5. The molecule has 0 fully saturated rings. The summed E-state index contributed by atoms with van der Waals surface area (Å²) in [5.74, 6) is -0.235. The lowest BCUT2D eigenvalue weighted by Gasteiger charge is -2.33. The molecule has 2 N–H and O–H groups in total. The van der Waals surface area contributed by atoms with Gasteiger partial charge in [0.2, 0.25) is 15.9 Å². The van der Waals surface area contributed by atoms with E-state index in [0.717, 1.165) is 5.56 Å². The smallest absolute Gasteiger partial charge is 0.261 e. The Labute approximate surface area is 248 Å². The molecule has 0 unspecified atom stereocenters. The summed E-state index contributed by atoms with van der Waals surface area (Å²) in [6.45, 7) is 5.45. The van der Waals surface area contributed by atoms with Crippen molar-refractivity contribution in [2.75, 3.05) is 31.5 Å². The summed E-state index contributed by atoms with van der Waals surface area (Å²) in [4.78, 5) is 15.3. The van der Waals surface area contributed by atoms with Crippen molar-refractivity contribution in [2.24, 2.45) is 5.92 Å². The average molecular weight is 616 g/mol. The molecule has 1 amide bonds. The topological polar surface area (TPSA) is 133 Å². The van der Waals surface area contributed by atoms with E-state index in [2.05, 4.69) is 4.72 Å². The maximum Gasteiger partial charge on any atom is 0.261 e. The molecule has 0 spiro atoms. The molecule has 0 aliphatic carbocycles. The first-order chi connectivity index (χ1) is 19.8. The van der Waals surface area contributed by atoms with Gasteiger partial charge in [0.25, 0.3) is 10.0 Å². The highest BCUT2D eigenvalue weighted by atomic mass is 32.2. The number of amides is 1. The lowest BCUT2D eigenvalue weighted by atomic mass is 10.0. The van der Waals surface area contributed by atoms with Gasteiger partial charge in [-0.1, -0.05) is 42.8 Å². The number of benzene rings is 3. The molecular formula is C30H37N3O7S2. The van der Waals surface area contributed by atoms with E-state index in [1.165, 1.54) is 23.5 Å². The molecule has 1 heterocycles. The van der Waals surface area contributed by atoms with E-state index in [-0.39, 0.29) is 53.4 Å². The fourth-order valence-electron chi connectivity index (χ4n) is 4.77. The number of likely N-dealkylation sites (N-methyl/N-ethyl adjacent to an activating group) is 1. The molecule has 42 heavy (non-hydrogen) atoms. The quantitative estimate of drug-likeness (QED) is 0.378. The van der Waals surface area contributed by atoms with Crippen LogP contribution in [-0.2, 0) is 31.3 Å². The number of aryl methyl sites for hydroxylation is 1. The summed E-state index contributed by atoms with van der Waals surface area (Å²) in [7, 11) is -6.22. The Bertz CT molecular complexity index is 1610. The lowest BCUT2D eigenvalue weighted by Crippen LogP contribution is -2.48. The molecule has 0 bridgehead atoms. The Hall–Kier alpha value is -3.45. The van der Waals surface area contributed by atoms with Crippen LogP contribution in [0.15, 0.2) is 82.6 Å². The average Bonchev–Trinajstić information content (AvgIpc) is 3.00. The van der Waals surface area contributed by atoms with Gasteiger partial charge in [0.05, 0.1) is 35.4 Å². The molecule has 0 saturated heterocycles. The number of sulfonamides is 2. The summed E-state index contributed by atoms with van der Waals surface area (Å²) in [6, 6.07) is 18.7. The summed E-state index contributed by atoms with van der Waals surface area (Å²) in [5, 5.41) is 9.87. The second-order valence-electron chi connectivity index (χ2n) is 10.7. The molecule has 226 valence electrons. The van der Waals surface area contributed by atoms with Gasteiger partial charge >= 0.3 is 0 Å². The first kappa shape index (κ1) is 31.5. The van der Waals surface area contributed by atoms with Crippen LogP contribution >= 0.6 is 0 Å². The molecule has 4 rings (SSSR count). The van der Waals surface area contributed by atoms with Crippen LogP contribution in [0.5, 0.6) is 5.75 Å². The highest BCUT2D eigenvalue weighted by Crippen LogP contribution is 2.30. The number of rotatable bonds is 9. The number of hydrogen-bond donors (Lipinski definition) is 2. The van der Waals surface area contributed by atoms with Gasteiger partial charge in [-0.05, 0) is 56.3 Å². The molecule has 1 aliphatic rings. The number of carbonyl (C=O) groups excluding carboxylic acids is 1. The third-order valence-electron chi connectivity index (χ3n) is 7.39.